The predicted octanol–water partition coefficient (Wildman–Crippen LogP) is 3.56. The van der Waals surface area contributed by atoms with Gasteiger partial charge in [-0.05, 0) is 37.8 Å². The summed E-state index contributed by atoms with van der Waals surface area (Å²) >= 11 is 0. The fraction of sp³-hybridized carbons (Fsp3) is 0.812. The van der Waals surface area contributed by atoms with Crippen LogP contribution in [0, 0.1) is 5.92 Å². The van der Waals surface area contributed by atoms with Crippen molar-refractivity contribution in [2.75, 3.05) is 6.54 Å². The van der Waals surface area contributed by atoms with Crippen LogP contribution in [0.15, 0.2) is 12.3 Å². The normalized spacial score (nSPS) is 17.1. The monoisotopic (exact) mass is 263 g/mol. The van der Waals surface area contributed by atoms with Crippen molar-refractivity contribution in [2.45, 2.75) is 71.4 Å². The first-order chi connectivity index (χ1) is 9.26. The van der Waals surface area contributed by atoms with Crippen LogP contribution in [0.25, 0.3) is 0 Å². The van der Waals surface area contributed by atoms with E-state index in [2.05, 4.69) is 43.0 Å². The van der Waals surface area contributed by atoms with Gasteiger partial charge in [0, 0.05) is 18.7 Å². The molecule has 1 aliphatic carbocycles. The maximum atomic E-state index is 4.78. The lowest BCUT2D eigenvalue weighted by Crippen LogP contribution is -2.31. The molecule has 0 spiro atoms. The second kappa shape index (κ2) is 7.09. The minimum atomic E-state index is 0.565. The number of nitrogens with zero attached hydrogens (tertiary/aromatic N) is 2. The van der Waals surface area contributed by atoms with Crippen LogP contribution in [-0.2, 0) is 6.42 Å². The molecule has 1 N–H and O–H groups in total. The molecule has 2 rings (SSSR count). The summed E-state index contributed by atoms with van der Waals surface area (Å²) in [5.41, 5.74) is 1.25. The average molecular weight is 263 g/mol. The van der Waals surface area contributed by atoms with Crippen molar-refractivity contribution in [3.8, 4) is 0 Å². The summed E-state index contributed by atoms with van der Waals surface area (Å²) in [6, 6.07) is 3.38. The van der Waals surface area contributed by atoms with Crippen LogP contribution in [0.3, 0.4) is 0 Å². The van der Waals surface area contributed by atoms with Crippen molar-refractivity contribution in [3.05, 3.63) is 18.0 Å². The predicted molar refractivity (Wildman–Crippen MR) is 80.4 cm³/mol. The molecule has 1 heterocycles. The molecule has 1 unspecified atom stereocenters. The molecule has 0 aliphatic heterocycles. The Kier molecular flexibility index (Phi) is 5.44. The molecular formula is C16H29N3. The Morgan fingerprint density at radius 2 is 2.05 bits per heavy atom. The molecule has 0 bridgehead atoms. The molecule has 0 amide bonds. The van der Waals surface area contributed by atoms with Gasteiger partial charge in [0.1, 0.15) is 0 Å². The molecule has 1 aliphatic rings. The quantitative estimate of drug-likeness (QED) is 0.738. The Balaban J connectivity index is 1.92. The standard InChI is InChI=1S/C16H29N3/c1-4-16(5-2)19-10-9-14(18-19)12-15(17-6-3)11-13-7-8-13/h9-10,13,15-17H,4-8,11-12H2,1-3H3. The van der Waals surface area contributed by atoms with Crippen LogP contribution in [0.1, 0.15) is 64.6 Å². The minimum absolute atomic E-state index is 0.565. The maximum Gasteiger partial charge on any atom is 0.0640 e. The van der Waals surface area contributed by atoms with Crippen LogP contribution in [0.2, 0.25) is 0 Å². The number of rotatable bonds is 9. The van der Waals surface area contributed by atoms with Gasteiger partial charge in [-0.15, -0.1) is 0 Å². The van der Waals surface area contributed by atoms with E-state index < -0.39 is 0 Å². The molecule has 1 fully saturated rings. The lowest BCUT2D eigenvalue weighted by atomic mass is 10.1. The fourth-order valence-electron chi connectivity index (χ4n) is 2.89. The number of likely N-dealkylation sites (N-methyl/N-ethyl adjacent to an activating group) is 1. The SMILES string of the molecule is CCNC(Cc1ccn(C(CC)CC)n1)CC1CC1. The molecule has 108 valence electrons. The molecule has 3 heteroatoms. The van der Waals surface area contributed by atoms with Crippen molar-refractivity contribution in [3.63, 3.8) is 0 Å². The maximum absolute atomic E-state index is 4.78. The van der Waals surface area contributed by atoms with E-state index in [-0.39, 0.29) is 0 Å². The van der Waals surface area contributed by atoms with E-state index in [1.54, 1.807) is 0 Å². The fourth-order valence-corrected chi connectivity index (χ4v) is 2.89. The van der Waals surface area contributed by atoms with E-state index >= 15 is 0 Å². The third-order valence-corrected chi connectivity index (χ3v) is 4.24. The zero-order valence-corrected chi connectivity index (χ0v) is 12.7. The molecule has 1 aromatic heterocycles. The first-order valence-electron chi connectivity index (χ1n) is 8.04. The third kappa shape index (κ3) is 4.34. The van der Waals surface area contributed by atoms with E-state index in [9.17, 15) is 0 Å². The van der Waals surface area contributed by atoms with Crippen LogP contribution in [0.4, 0.5) is 0 Å². The van der Waals surface area contributed by atoms with Gasteiger partial charge in [-0.2, -0.15) is 5.10 Å². The zero-order valence-electron chi connectivity index (χ0n) is 12.7. The van der Waals surface area contributed by atoms with E-state index in [4.69, 9.17) is 5.10 Å². The molecule has 1 aromatic rings. The average Bonchev–Trinajstić information content (AvgIpc) is 3.10. The van der Waals surface area contributed by atoms with Crippen LogP contribution >= 0.6 is 0 Å². The summed E-state index contributed by atoms with van der Waals surface area (Å²) in [6.45, 7) is 7.74. The van der Waals surface area contributed by atoms with Crippen LogP contribution in [0.5, 0.6) is 0 Å². The second-order valence-corrected chi connectivity index (χ2v) is 5.90. The van der Waals surface area contributed by atoms with Gasteiger partial charge in [-0.25, -0.2) is 0 Å². The number of aromatic nitrogens is 2. The van der Waals surface area contributed by atoms with E-state index in [1.165, 1.54) is 25.0 Å². The Morgan fingerprint density at radius 3 is 2.63 bits per heavy atom. The van der Waals surface area contributed by atoms with E-state index in [1.807, 2.05) is 0 Å². The third-order valence-electron chi connectivity index (χ3n) is 4.24. The van der Waals surface area contributed by atoms with E-state index in [0.717, 1.165) is 31.7 Å². The summed E-state index contributed by atoms with van der Waals surface area (Å²) in [5, 5.41) is 8.40. The van der Waals surface area contributed by atoms with Gasteiger partial charge in [-0.1, -0.05) is 33.6 Å². The van der Waals surface area contributed by atoms with Crippen molar-refractivity contribution in [1.82, 2.24) is 15.1 Å². The Hall–Kier alpha value is -0.830. The van der Waals surface area contributed by atoms with E-state index in [0.29, 0.717) is 12.1 Å². The highest BCUT2D eigenvalue weighted by molar-refractivity contribution is 5.03. The summed E-state index contributed by atoms with van der Waals surface area (Å²) in [5.74, 6) is 0.977. The topological polar surface area (TPSA) is 29.9 Å². The Bertz CT molecular complexity index is 364. The number of hydrogen-bond donors (Lipinski definition) is 1. The Labute approximate surface area is 117 Å². The molecule has 19 heavy (non-hydrogen) atoms. The molecular weight excluding hydrogens is 234 g/mol. The second-order valence-electron chi connectivity index (χ2n) is 5.90. The molecule has 0 aromatic carbocycles. The summed E-state index contributed by atoms with van der Waals surface area (Å²) in [4.78, 5) is 0. The zero-order chi connectivity index (χ0) is 13.7. The van der Waals surface area contributed by atoms with Crippen molar-refractivity contribution in [1.29, 1.82) is 0 Å². The lowest BCUT2D eigenvalue weighted by Gasteiger charge is -2.16. The number of hydrogen-bond acceptors (Lipinski definition) is 2. The van der Waals surface area contributed by atoms with Crippen LogP contribution < -0.4 is 5.32 Å². The summed E-state index contributed by atoms with van der Waals surface area (Å²) in [7, 11) is 0. The van der Waals surface area contributed by atoms with Gasteiger partial charge in [-0.3, -0.25) is 4.68 Å². The molecule has 1 atom stereocenters. The smallest absolute Gasteiger partial charge is 0.0640 e. The van der Waals surface area contributed by atoms with Crippen LogP contribution in [-0.4, -0.2) is 22.4 Å². The van der Waals surface area contributed by atoms with Gasteiger partial charge >= 0.3 is 0 Å². The highest BCUT2D eigenvalue weighted by Crippen LogP contribution is 2.34. The molecule has 3 nitrogen and oxygen atoms in total. The lowest BCUT2D eigenvalue weighted by molar-refractivity contribution is 0.417. The van der Waals surface area contributed by atoms with Gasteiger partial charge < -0.3 is 5.32 Å². The molecule has 1 saturated carbocycles. The van der Waals surface area contributed by atoms with Crippen molar-refractivity contribution < 1.29 is 0 Å². The first-order valence-corrected chi connectivity index (χ1v) is 8.04. The highest BCUT2D eigenvalue weighted by atomic mass is 15.3. The molecule has 0 radical (unpaired) electrons. The van der Waals surface area contributed by atoms with Crippen molar-refractivity contribution >= 4 is 0 Å². The van der Waals surface area contributed by atoms with Gasteiger partial charge in [0.05, 0.1) is 11.7 Å². The Morgan fingerprint density at radius 1 is 1.32 bits per heavy atom. The molecule has 0 saturated heterocycles. The van der Waals surface area contributed by atoms with Gasteiger partial charge in [0.25, 0.3) is 0 Å². The summed E-state index contributed by atoms with van der Waals surface area (Å²) < 4.78 is 2.16. The highest BCUT2D eigenvalue weighted by Gasteiger charge is 2.25. The van der Waals surface area contributed by atoms with Crippen molar-refractivity contribution in [2.24, 2.45) is 5.92 Å². The minimum Gasteiger partial charge on any atom is -0.314 e. The largest absolute Gasteiger partial charge is 0.314 e. The van der Waals surface area contributed by atoms with Gasteiger partial charge in [0.2, 0.25) is 0 Å². The summed E-state index contributed by atoms with van der Waals surface area (Å²) in [6.07, 6.45) is 9.76. The first kappa shape index (κ1) is 14.6. The van der Waals surface area contributed by atoms with Gasteiger partial charge in [0.15, 0.2) is 0 Å². The number of nitrogens with one attached hydrogen (secondary N) is 1.